The predicted octanol–water partition coefficient (Wildman–Crippen LogP) is 25.6. The minimum atomic E-state index is -4.40. The van der Waals surface area contributed by atoms with Crippen molar-refractivity contribution in [2.24, 2.45) is 0 Å². The first kappa shape index (κ1) is 88.7. The Bertz CT molecular complexity index is 1920. The molecule has 0 radical (unpaired) electrons. The van der Waals surface area contributed by atoms with Crippen LogP contribution < -0.4 is 0 Å². The zero-order chi connectivity index (χ0) is 66.9. The van der Waals surface area contributed by atoms with E-state index in [9.17, 15) is 19.0 Å². The van der Waals surface area contributed by atoms with E-state index in [1.165, 1.54) is 218 Å². The van der Waals surface area contributed by atoms with Crippen LogP contribution in [0.3, 0.4) is 0 Å². The summed E-state index contributed by atoms with van der Waals surface area (Å²) in [5.74, 6) is -0.791. The van der Waals surface area contributed by atoms with Gasteiger partial charge in [0.15, 0.2) is 6.10 Å². The Hall–Kier alpha value is -3.33. The molecule has 0 aliphatic rings. The minimum Gasteiger partial charge on any atom is -0.462 e. The highest BCUT2D eigenvalue weighted by atomic mass is 31.2. The van der Waals surface area contributed by atoms with E-state index in [1.807, 2.05) is 21.1 Å². The fourth-order valence-electron chi connectivity index (χ4n) is 10.9. The summed E-state index contributed by atoms with van der Waals surface area (Å²) in [6.07, 6.45) is 102. The van der Waals surface area contributed by atoms with Gasteiger partial charge in [-0.25, -0.2) is 4.57 Å². The Morgan fingerprint density at radius 3 is 0.924 bits per heavy atom. The van der Waals surface area contributed by atoms with E-state index in [2.05, 4.69) is 123 Å². The van der Waals surface area contributed by atoms with Gasteiger partial charge < -0.3 is 18.9 Å². The zero-order valence-electron chi connectivity index (χ0n) is 60.8. The summed E-state index contributed by atoms with van der Waals surface area (Å²) in [5.41, 5.74) is 0. The molecule has 0 heterocycles. The Morgan fingerprint density at radius 2 is 0.620 bits per heavy atom. The fraction of sp³-hybridized carbons (Fsp3) is 0.756. The van der Waals surface area contributed by atoms with E-state index in [4.69, 9.17) is 18.5 Å². The Labute approximate surface area is 569 Å². The zero-order valence-corrected chi connectivity index (χ0v) is 61.7. The van der Waals surface area contributed by atoms with E-state index in [0.717, 1.165) is 96.3 Å². The molecule has 0 aromatic rings. The summed E-state index contributed by atoms with van der Waals surface area (Å²) in [7, 11) is 1.48. The summed E-state index contributed by atoms with van der Waals surface area (Å²) in [5, 5.41) is 0. The van der Waals surface area contributed by atoms with Gasteiger partial charge in [0, 0.05) is 12.8 Å². The van der Waals surface area contributed by atoms with Gasteiger partial charge >= 0.3 is 19.8 Å². The number of allylic oxidation sites excluding steroid dienone is 18. The predicted molar refractivity (Wildman–Crippen MR) is 399 cm³/mol. The molecule has 0 aromatic carbocycles. The van der Waals surface area contributed by atoms with Gasteiger partial charge in [-0.3, -0.25) is 18.6 Å². The van der Waals surface area contributed by atoms with Crippen LogP contribution in [0.25, 0.3) is 0 Å². The summed E-state index contributed by atoms with van der Waals surface area (Å²) < 4.78 is 34.8. The molecule has 532 valence electrons. The van der Waals surface area contributed by atoms with Crippen molar-refractivity contribution in [2.45, 2.75) is 354 Å². The highest BCUT2D eigenvalue weighted by molar-refractivity contribution is 7.47. The first-order valence-electron chi connectivity index (χ1n) is 38.6. The third-order valence-electron chi connectivity index (χ3n) is 16.8. The first-order chi connectivity index (χ1) is 45.0. The smallest absolute Gasteiger partial charge is 0.462 e. The van der Waals surface area contributed by atoms with Crippen LogP contribution in [0, 0.1) is 0 Å². The Morgan fingerprint density at radius 1 is 0.348 bits per heavy atom. The lowest BCUT2D eigenvalue weighted by Crippen LogP contribution is -2.37. The number of nitrogens with zero attached hydrogens (tertiary/aromatic N) is 1. The number of quaternary nitrogens is 1. The quantitative estimate of drug-likeness (QED) is 0.0211. The fourth-order valence-corrected chi connectivity index (χ4v) is 11.7. The number of likely N-dealkylation sites (N-methyl/N-ethyl adjacent to an activating group) is 1. The molecule has 0 spiro atoms. The SMILES string of the molecule is CC/C=C\C/C=C\C/C=C\C/C=C\C/C=C\C/C=C\C/C=C\CCCCCCCCCCCCCC(=O)OC(COC(=O)CCCCCCCCCCCCCCCCCCCCCCCCC/C=C\C/C=C\CCCCCCC)COP(=O)(O)OCC[N+](C)(C)C. The molecule has 0 bridgehead atoms. The lowest BCUT2D eigenvalue weighted by Gasteiger charge is -2.24. The van der Waals surface area contributed by atoms with Crippen molar-refractivity contribution in [1.82, 2.24) is 0 Å². The molecular weight excluding hydrogens is 1160 g/mol. The average molecular weight is 1310 g/mol. The summed E-state index contributed by atoms with van der Waals surface area (Å²) in [4.78, 5) is 36.0. The molecule has 92 heavy (non-hydrogen) atoms. The van der Waals surface area contributed by atoms with Crippen LogP contribution in [0.5, 0.6) is 0 Å². The molecule has 0 amide bonds. The Balaban J connectivity index is 3.99. The van der Waals surface area contributed by atoms with Crippen LogP contribution in [0.1, 0.15) is 348 Å². The van der Waals surface area contributed by atoms with Crippen molar-refractivity contribution in [1.29, 1.82) is 0 Å². The molecule has 0 aliphatic carbocycles. The largest absolute Gasteiger partial charge is 0.472 e. The molecule has 0 aromatic heterocycles. The number of hydrogen-bond donors (Lipinski definition) is 1. The third kappa shape index (κ3) is 75.7. The first-order valence-corrected chi connectivity index (χ1v) is 40.1. The standard InChI is InChI=1S/C82H146NO8P/c1-6-8-10-12-14-16-18-20-22-24-26-28-30-32-34-36-38-40-41-43-44-46-48-50-52-54-56-58-60-62-64-66-68-70-72-74-81(84)88-78-80(79-90-92(86,87)89-77-76-83(3,4)5)91-82(85)75-73-71-69-67-65-63-61-59-57-55-53-51-49-47-45-42-39-37-35-33-31-29-27-25-23-21-19-17-15-13-11-9-7-2/h9,11,15,17-18,20-21,23-24,26-27,29,33,35,39,42,47,49,80H,6-8,10,12-14,16,19,22,25,28,30-32,34,36-38,40-41,43-46,48,50-79H2,1-5H3/p+1/b11-9-,17-15-,20-18-,23-21-,26-24-,29-27-,35-33-,42-39-,49-47-. The summed E-state index contributed by atoms with van der Waals surface area (Å²) >= 11 is 0. The molecule has 10 heteroatoms. The van der Waals surface area contributed by atoms with Gasteiger partial charge in [-0.1, -0.05) is 342 Å². The van der Waals surface area contributed by atoms with Crippen LogP contribution in [0.15, 0.2) is 109 Å². The van der Waals surface area contributed by atoms with Crippen molar-refractivity contribution in [3.05, 3.63) is 109 Å². The van der Waals surface area contributed by atoms with Crippen LogP contribution in [-0.2, 0) is 32.7 Å². The van der Waals surface area contributed by atoms with Crippen molar-refractivity contribution in [2.75, 3.05) is 47.5 Å². The van der Waals surface area contributed by atoms with Crippen molar-refractivity contribution in [3.63, 3.8) is 0 Å². The van der Waals surface area contributed by atoms with Crippen molar-refractivity contribution < 1.29 is 42.1 Å². The highest BCUT2D eigenvalue weighted by Crippen LogP contribution is 2.43. The lowest BCUT2D eigenvalue weighted by atomic mass is 10.0. The maximum absolute atomic E-state index is 12.9. The normalized spacial score (nSPS) is 13.7. The van der Waals surface area contributed by atoms with Crippen molar-refractivity contribution in [3.8, 4) is 0 Å². The number of ether oxygens (including phenoxy) is 2. The number of unbranched alkanes of at least 4 members (excludes halogenated alkanes) is 39. The second kappa shape index (κ2) is 72.0. The van der Waals surface area contributed by atoms with E-state index in [-0.39, 0.29) is 32.0 Å². The number of phosphoric acid groups is 1. The highest BCUT2D eigenvalue weighted by Gasteiger charge is 2.27. The average Bonchev–Trinajstić information content (AvgIpc) is 2.23. The molecule has 2 unspecified atom stereocenters. The molecular formula is C82H147NO8P+. The number of hydrogen-bond acceptors (Lipinski definition) is 7. The van der Waals surface area contributed by atoms with Gasteiger partial charge in [-0.2, -0.15) is 0 Å². The van der Waals surface area contributed by atoms with Gasteiger partial charge in [-0.05, 0) is 103 Å². The molecule has 2 atom stereocenters. The molecule has 0 rings (SSSR count). The van der Waals surface area contributed by atoms with Gasteiger partial charge in [-0.15, -0.1) is 0 Å². The van der Waals surface area contributed by atoms with Gasteiger partial charge in [0.05, 0.1) is 27.7 Å². The van der Waals surface area contributed by atoms with E-state index < -0.39 is 26.5 Å². The lowest BCUT2D eigenvalue weighted by molar-refractivity contribution is -0.870. The third-order valence-corrected chi connectivity index (χ3v) is 17.8. The molecule has 0 fully saturated rings. The second-order valence-electron chi connectivity index (χ2n) is 27.0. The van der Waals surface area contributed by atoms with Crippen LogP contribution in [0.2, 0.25) is 0 Å². The van der Waals surface area contributed by atoms with E-state index >= 15 is 0 Å². The number of carbonyl (C=O) groups is 2. The maximum Gasteiger partial charge on any atom is 0.472 e. The van der Waals surface area contributed by atoms with Gasteiger partial charge in [0.1, 0.15) is 19.8 Å². The maximum atomic E-state index is 12.9. The van der Waals surface area contributed by atoms with Crippen molar-refractivity contribution >= 4 is 19.8 Å². The number of rotatable bonds is 71. The van der Waals surface area contributed by atoms with Gasteiger partial charge in [0.25, 0.3) is 0 Å². The monoisotopic (exact) mass is 1310 g/mol. The molecule has 9 nitrogen and oxygen atoms in total. The van der Waals surface area contributed by atoms with Crippen LogP contribution in [0.4, 0.5) is 0 Å². The molecule has 0 aliphatic heterocycles. The molecule has 0 saturated heterocycles. The minimum absolute atomic E-state index is 0.0285. The van der Waals surface area contributed by atoms with Gasteiger partial charge in [0.2, 0.25) is 0 Å². The van der Waals surface area contributed by atoms with Crippen LogP contribution >= 0.6 is 7.82 Å². The van der Waals surface area contributed by atoms with Crippen LogP contribution in [-0.4, -0.2) is 74.9 Å². The second-order valence-corrected chi connectivity index (χ2v) is 28.5. The summed E-state index contributed by atoms with van der Waals surface area (Å²) in [6.45, 7) is 4.34. The molecule has 0 saturated carbocycles. The summed E-state index contributed by atoms with van der Waals surface area (Å²) in [6, 6.07) is 0. The van der Waals surface area contributed by atoms with E-state index in [0.29, 0.717) is 17.4 Å². The van der Waals surface area contributed by atoms with E-state index in [1.54, 1.807) is 0 Å². The Kier molecular flexibility index (Phi) is 69.3. The number of carbonyl (C=O) groups excluding carboxylic acids is 2. The number of phosphoric ester groups is 1. The topological polar surface area (TPSA) is 108 Å². The molecule has 1 N–H and O–H groups in total. The number of esters is 2.